The fraction of sp³-hybridized carbons (Fsp3) is 0.312. The Morgan fingerprint density at radius 3 is 3.00 bits per heavy atom. The maximum Gasteiger partial charge on any atom is 0.207 e. The molecule has 0 amide bonds. The van der Waals surface area contributed by atoms with Crippen LogP contribution in [0.5, 0.6) is 0 Å². The highest BCUT2D eigenvalue weighted by Crippen LogP contribution is 2.27. The van der Waals surface area contributed by atoms with Crippen molar-refractivity contribution in [2.75, 3.05) is 24.3 Å². The van der Waals surface area contributed by atoms with Crippen LogP contribution in [0.2, 0.25) is 0 Å². The number of nitrogen functional groups attached to an aromatic ring is 1. The molecule has 23 heavy (non-hydrogen) atoms. The number of nitrogens with zero attached hydrogens (tertiary/aromatic N) is 3. The summed E-state index contributed by atoms with van der Waals surface area (Å²) in [7, 11) is 0. The number of rotatable bonds is 4. The van der Waals surface area contributed by atoms with E-state index in [0.717, 1.165) is 23.7 Å². The highest BCUT2D eigenvalue weighted by Gasteiger charge is 2.29. The van der Waals surface area contributed by atoms with E-state index in [-0.39, 0.29) is 6.04 Å². The van der Waals surface area contributed by atoms with Crippen molar-refractivity contribution in [2.45, 2.75) is 12.5 Å². The smallest absolute Gasteiger partial charge is 0.207 e. The molecule has 1 aromatic carbocycles. The molecule has 0 unspecified atom stereocenters. The average Bonchev–Trinajstić information content (AvgIpc) is 3.17. The Morgan fingerprint density at radius 1 is 1.22 bits per heavy atom. The van der Waals surface area contributed by atoms with E-state index < -0.39 is 0 Å². The van der Waals surface area contributed by atoms with Crippen molar-refractivity contribution in [2.24, 2.45) is 5.92 Å². The van der Waals surface area contributed by atoms with E-state index in [1.54, 1.807) is 0 Å². The summed E-state index contributed by atoms with van der Waals surface area (Å²) in [6.07, 6.45) is 2.82. The predicted molar refractivity (Wildman–Crippen MR) is 91.5 cm³/mol. The van der Waals surface area contributed by atoms with E-state index in [2.05, 4.69) is 38.7 Å². The third-order valence-electron chi connectivity index (χ3n) is 4.17. The lowest BCUT2D eigenvalue weighted by Crippen LogP contribution is -2.29. The van der Waals surface area contributed by atoms with Gasteiger partial charge in [-0.05, 0) is 24.1 Å². The van der Waals surface area contributed by atoms with Crippen molar-refractivity contribution in [3.05, 3.63) is 42.1 Å². The van der Waals surface area contributed by atoms with Crippen molar-refractivity contribution in [1.82, 2.24) is 15.2 Å². The van der Waals surface area contributed by atoms with Crippen molar-refractivity contribution < 1.29 is 4.74 Å². The fourth-order valence-corrected chi connectivity index (χ4v) is 3.60. The summed E-state index contributed by atoms with van der Waals surface area (Å²) in [6.45, 7) is 1.41. The molecule has 0 radical (unpaired) electrons. The Hall–Kier alpha value is -2.25. The molecular weight excluding hydrogens is 310 g/mol. The van der Waals surface area contributed by atoms with E-state index in [1.807, 2.05) is 18.3 Å². The largest absolute Gasteiger partial charge is 0.379 e. The van der Waals surface area contributed by atoms with Gasteiger partial charge in [-0.1, -0.05) is 29.5 Å². The van der Waals surface area contributed by atoms with Crippen molar-refractivity contribution in [3.63, 3.8) is 0 Å². The van der Waals surface area contributed by atoms with Gasteiger partial charge in [0.25, 0.3) is 0 Å². The van der Waals surface area contributed by atoms with Gasteiger partial charge in [0.05, 0.1) is 24.8 Å². The number of hydrogen-bond acceptors (Lipinski definition) is 7. The van der Waals surface area contributed by atoms with Crippen LogP contribution in [0.3, 0.4) is 0 Å². The monoisotopic (exact) mass is 327 g/mol. The molecule has 1 saturated heterocycles. The standard InChI is InChI=1S/C16H17N5OS/c17-15-20-21-16(23-15)19-14-9-22-8-11(14)7-10-5-6-18-13-4-2-1-3-12(10)13/h1-6,11,14H,7-9H2,(H2,17,20)(H,19,21)/t11-,14+/m1/s1. The van der Waals surface area contributed by atoms with Crippen molar-refractivity contribution >= 4 is 32.5 Å². The molecule has 6 nitrogen and oxygen atoms in total. The van der Waals surface area contributed by atoms with Gasteiger partial charge < -0.3 is 15.8 Å². The van der Waals surface area contributed by atoms with E-state index in [4.69, 9.17) is 10.5 Å². The van der Waals surface area contributed by atoms with E-state index in [0.29, 0.717) is 17.7 Å². The van der Waals surface area contributed by atoms with Gasteiger partial charge in [0.15, 0.2) is 0 Å². The number of benzene rings is 1. The van der Waals surface area contributed by atoms with Gasteiger partial charge in [-0.15, -0.1) is 10.2 Å². The maximum absolute atomic E-state index is 5.68. The van der Waals surface area contributed by atoms with Crippen LogP contribution in [0.4, 0.5) is 10.3 Å². The van der Waals surface area contributed by atoms with Gasteiger partial charge in [-0.3, -0.25) is 4.98 Å². The topological polar surface area (TPSA) is 86.0 Å². The Labute approximate surface area is 137 Å². The molecular formula is C16H17N5OS. The average molecular weight is 327 g/mol. The molecule has 4 rings (SSSR count). The minimum Gasteiger partial charge on any atom is -0.379 e. The van der Waals surface area contributed by atoms with Crippen LogP contribution in [0, 0.1) is 5.92 Å². The zero-order chi connectivity index (χ0) is 15.6. The predicted octanol–water partition coefficient (Wildman–Crippen LogP) is 2.34. The van der Waals surface area contributed by atoms with Crippen LogP contribution < -0.4 is 11.1 Å². The summed E-state index contributed by atoms with van der Waals surface area (Å²) in [6, 6.07) is 10.6. The number of ether oxygens (including phenoxy) is 1. The summed E-state index contributed by atoms with van der Waals surface area (Å²) in [5.41, 5.74) is 7.97. The Kier molecular flexibility index (Phi) is 3.80. The summed E-state index contributed by atoms with van der Waals surface area (Å²) >= 11 is 1.36. The molecule has 0 bridgehead atoms. The summed E-state index contributed by atoms with van der Waals surface area (Å²) in [5, 5.41) is 13.7. The van der Waals surface area contributed by atoms with Gasteiger partial charge in [-0.25, -0.2) is 0 Å². The first-order chi connectivity index (χ1) is 11.3. The van der Waals surface area contributed by atoms with Gasteiger partial charge in [0.1, 0.15) is 0 Å². The number of fused-ring (bicyclic) bond motifs is 1. The molecule has 1 fully saturated rings. The molecule has 118 valence electrons. The minimum absolute atomic E-state index is 0.217. The number of nitrogens with two attached hydrogens (primary N) is 1. The van der Waals surface area contributed by atoms with Crippen LogP contribution in [0.25, 0.3) is 10.9 Å². The fourth-order valence-electron chi connectivity index (χ4n) is 3.03. The van der Waals surface area contributed by atoms with Crippen molar-refractivity contribution in [3.8, 4) is 0 Å². The molecule has 0 saturated carbocycles. The number of anilines is 2. The molecule has 3 heterocycles. The molecule has 3 aromatic rings. The maximum atomic E-state index is 5.68. The van der Waals surface area contributed by atoms with Gasteiger partial charge in [0, 0.05) is 17.5 Å². The first kappa shape index (κ1) is 14.3. The Bertz CT molecular complexity index is 816. The zero-order valence-electron chi connectivity index (χ0n) is 12.5. The minimum atomic E-state index is 0.217. The zero-order valence-corrected chi connectivity index (χ0v) is 13.3. The molecule has 0 spiro atoms. The lowest BCUT2D eigenvalue weighted by Gasteiger charge is -2.19. The van der Waals surface area contributed by atoms with E-state index in [9.17, 15) is 0 Å². The number of hydrogen-bond donors (Lipinski definition) is 2. The Morgan fingerprint density at radius 2 is 2.13 bits per heavy atom. The highest BCUT2D eigenvalue weighted by molar-refractivity contribution is 7.18. The van der Waals surface area contributed by atoms with Crippen LogP contribution in [0.15, 0.2) is 36.5 Å². The number of nitrogens with one attached hydrogen (secondary N) is 1. The number of pyridine rings is 1. The Balaban J connectivity index is 1.54. The van der Waals surface area contributed by atoms with Gasteiger partial charge in [-0.2, -0.15) is 0 Å². The quantitative estimate of drug-likeness (QED) is 0.765. The summed E-state index contributed by atoms with van der Waals surface area (Å²) in [5.74, 6) is 0.380. The lowest BCUT2D eigenvalue weighted by molar-refractivity contribution is 0.185. The van der Waals surface area contributed by atoms with Crippen LogP contribution in [-0.2, 0) is 11.2 Å². The SMILES string of the molecule is Nc1nnc(N[C@H]2COC[C@H]2Cc2ccnc3ccccc23)s1. The summed E-state index contributed by atoms with van der Waals surface area (Å²) < 4.78 is 5.68. The second-order valence-corrected chi connectivity index (χ2v) is 6.69. The second-order valence-electron chi connectivity index (χ2n) is 5.69. The third-order valence-corrected chi connectivity index (χ3v) is 4.85. The third kappa shape index (κ3) is 2.97. The molecule has 0 aliphatic carbocycles. The van der Waals surface area contributed by atoms with Crippen LogP contribution in [-0.4, -0.2) is 34.4 Å². The second kappa shape index (κ2) is 6.10. The molecule has 2 atom stereocenters. The molecule has 1 aliphatic heterocycles. The molecule has 1 aliphatic rings. The molecule has 7 heteroatoms. The van der Waals surface area contributed by atoms with E-state index >= 15 is 0 Å². The first-order valence-corrected chi connectivity index (χ1v) is 8.37. The van der Waals surface area contributed by atoms with Gasteiger partial charge in [0.2, 0.25) is 10.3 Å². The highest BCUT2D eigenvalue weighted by atomic mass is 32.1. The van der Waals surface area contributed by atoms with Crippen LogP contribution in [0.1, 0.15) is 5.56 Å². The lowest BCUT2D eigenvalue weighted by atomic mass is 9.93. The normalized spacial score (nSPS) is 20.9. The summed E-state index contributed by atoms with van der Waals surface area (Å²) in [4.78, 5) is 4.43. The van der Waals surface area contributed by atoms with Gasteiger partial charge >= 0.3 is 0 Å². The van der Waals surface area contributed by atoms with Crippen LogP contribution >= 0.6 is 11.3 Å². The number of aromatic nitrogens is 3. The molecule has 2 aromatic heterocycles. The molecule has 3 N–H and O–H groups in total. The van der Waals surface area contributed by atoms with Crippen molar-refractivity contribution in [1.29, 1.82) is 0 Å². The van der Waals surface area contributed by atoms with E-state index in [1.165, 1.54) is 22.3 Å². The first-order valence-electron chi connectivity index (χ1n) is 7.55. The number of para-hydroxylation sites is 1.